The van der Waals surface area contributed by atoms with Crippen LogP contribution < -0.4 is 14.4 Å². The molecule has 0 aromatic heterocycles. The van der Waals surface area contributed by atoms with Gasteiger partial charge in [0, 0.05) is 43.9 Å². The van der Waals surface area contributed by atoms with Crippen LogP contribution in [-0.4, -0.2) is 50.2 Å². The van der Waals surface area contributed by atoms with E-state index in [1.165, 1.54) is 12.1 Å². The van der Waals surface area contributed by atoms with E-state index in [0.29, 0.717) is 61.5 Å². The Bertz CT molecular complexity index is 836. The van der Waals surface area contributed by atoms with E-state index in [-0.39, 0.29) is 11.7 Å². The summed E-state index contributed by atoms with van der Waals surface area (Å²) in [4.78, 5) is 16.9. The third-order valence-corrected chi connectivity index (χ3v) is 5.09. The molecule has 0 N–H and O–H groups in total. The number of carbonyl (C=O) groups is 1. The number of ether oxygens (including phenoxy) is 2. The molecule has 0 aliphatic carbocycles. The zero-order valence-corrected chi connectivity index (χ0v) is 15.5. The molecule has 0 radical (unpaired) electrons. The Balaban J connectivity index is 1.46. The molecule has 0 spiro atoms. The lowest BCUT2D eigenvalue weighted by Gasteiger charge is -2.36. The van der Waals surface area contributed by atoms with E-state index in [1.54, 1.807) is 29.2 Å². The summed E-state index contributed by atoms with van der Waals surface area (Å²) in [6.07, 6.45) is 0.777. The van der Waals surface area contributed by atoms with Gasteiger partial charge in [-0.15, -0.1) is 0 Å². The van der Waals surface area contributed by atoms with Gasteiger partial charge in [0.1, 0.15) is 5.82 Å². The van der Waals surface area contributed by atoms with E-state index >= 15 is 0 Å². The molecule has 2 aliphatic rings. The molecule has 0 bridgehead atoms. The molecule has 27 heavy (non-hydrogen) atoms. The fraction of sp³-hybridized carbons (Fsp3) is 0.350. The molecular formula is C20H20ClFN2O3. The summed E-state index contributed by atoms with van der Waals surface area (Å²) in [5.74, 6) is 0.699. The van der Waals surface area contributed by atoms with E-state index in [1.807, 2.05) is 0 Å². The second-order valence-corrected chi connectivity index (χ2v) is 7.00. The number of fused-ring (bicyclic) bond motifs is 1. The number of hydrogen-bond donors (Lipinski definition) is 0. The number of piperazine rings is 1. The van der Waals surface area contributed by atoms with E-state index in [9.17, 15) is 9.18 Å². The maximum Gasteiger partial charge on any atom is 0.254 e. The first-order valence-corrected chi connectivity index (χ1v) is 9.38. The first kappa shape index (κ1) is 17.9. The fourth-order valence-corrected chi connectivity index (χ4v) is 3.62. The number of amides is 1. The van der Waals surface area contributed by atoms with Gasteiger partial charge in [0.2, 0.25) is 0 Å². The second-order valence-electron chi connectivity index (χ2n) is 6.59. The van der Waals surface area contributed by atoms with Crippen molar-refractivity contribution in [2.75, 3.05) is 44.3 Å². The van der Waals surface area contributed by atoms with Gasteiger partial charge >= 0.3 is 0 Å². The second kappa shape index (κ2) is 7.64. The fourth-order valence-electron chi connectivity index (χ4n) is 3.36. The van der Waals surface area contributed by atoms with Crippen LogP contribution in [0.4, 0.5) is 10.1 Å². The summed E-state index contributed by atoms with van der Waals surface area (Å²) in [5.41, 5.74) is 1.46. The molecular weight excluding hydrogens is 371 g/mol. The molecule has 0 unspecified atom stereocenters. The van der Waals surface area contributed by atoms with Gasteiger partial charge in [0.05, 0.1) is 18.2 Å². The van der Waals surface area contributed by atoms with Crippen molar-refractivity contribution in [3.05, 3.63) is 52.8 Å². The Hall–Kier alpha value is -2.47. The lowest BCUT2D eigenvalue weighted by Crippen LogP contribution is -2.48. The Kier molecular flexibility index (Phi) is 5.07. The van der Waals surface area contributed by atoms with Gasteiger partial charge in [-0.1, -0.05) is 11.6 Å². The summed E-state index contributed by atoms with van der Waals surface area (Å²) >= 11 is 6.30. The Labute approximate surface area is 162 Å². The van der Waals surface area contributed by atoms with Gasteiger partial charge in [-0.2, -0.15) is 0 Å². The predicted octanol–water partition coefficient (Wildman–Crippen LogP) is 3.60. The Morgan fingerprint density at radius 2 is 1.70 bits per heavy atom. The van der Waals surface area contributed by atoms with Gasteiger partial charge in [0.15, 0.2) is 11.5 Å². The predicted molar refractivity (Wildman–Crippen MR) is 102 cm³/mol. The van der Waals surface area contributed by atoms with Crippen molar-refractivity contribution in [1.29, 1.82) is 0 Å². The van der Waals surface area contributed by atoms with Gasteiger partial charge in [-0.05, 0) is 36.4 Å². The molecule has 0 atom stereocenters. The Morgan fingerprint density at radius 1 is 1.00 bits per heavy atom. The van der Waals surface area contributed by atoms with Crippen LogP contribution in [0.5, 0.6) is 11.5 Å². The summed E-state index contributed by atoms with van der Waals surface area (Å²) in [6.45, 7) is 3.64. The number of nitrogens with zero attached hydrogens (tertiary/aromatic N) is 2. The highest BCUT2D eigenvalue weighted by molar-refractivity contribution is 6.32. The average molecular weight is 391 g/mol. The Morgan fingerprint density at radius 3 is 2.44 bits per heavy atom. The zero-order valence-electron chi connectivity index (χ0n) is 14.8. The molecule has 4 rings (SSSR count). The van der Waals surface area contributed by atoms with Crippen LogP contribution in [0.15, 0.2) is 36.4 Å². The van der Waals surface area contributed by atoms with Crippen molar-refractivity contribution in [3.63, 3.8) is 0 Å². The van der Waals surface area contributed by atoms with Crippen molar-refractivity contribution >= 4 is 23.2 Å². The first-order valence-electron chi connectivity index (χ1n) is 9.01. The van der Waals surface area contributed by atoms with Crippen molar-refractivity contribution in [2.45, 2.75) is 6.42 Å². The highest BCUT2D eigenvalue weighted by atomic mass is 35.5. The van der Waals surface area contributed by atoms with E-state index < -0.39 is 0 Å². The van der Waals surface area contributed by atoms with Crippen LogP contribution in [0.2, 0.25) is 5.02 Å². The minimum absolute atomic E-state index is 0.0775. The van der Waals surface area contributed by atoms with Gasteiger partial charge in [-0.25, -0.2) is 4.39 Å². The molecule has 2 aromatic rings. The maximum absolute atomic E-state index is 13.1. The van der Waals surface area contributed by atoms with Crippen LogP contribution in [0.25, 0.3) is 0 Å². The minimum atomic E-state index is -0.251. The van der Waals surface area contributed by atoms with Crippen molar-refractivity contribution < 1.29 is 18.7 Å². The van der Waals surface area contributed by atoms with Gasteiger partial charge in [0.25, 0.3) is 5.91 Å². The van der Waals surface area contributed by atoms with Crippen LogP contribution >= 0.6 is 11.6 Å². The van der Waals surface area contributed by atoms with Crippen LogP contribution in [0, 0.1) is 5.82 Å². The number of anilines is 1. The normalized spacial score (nSPS) is 16.8. The summed E-state index contributed by atoms with van der Waals surface area (Å²) < 4.78 is 24.4. The highest BCUT2D eigenvalue weighted by Gasteiger charge is 2.25. The number of halogens is 2. The quantitative estimate of drug-likeness (QED) is 0.785. The molecule has 1 saturated heterocycles. The van der Waals surface area contributed by atoms with Crippen molar-refractivity contribution in [2.24, 2.45) is 0 Å². The topological polar surface area (TPSA) is 42.0 Å². The highest BCUT2D eigenvalue weighted by Crippen LogP contribution is 2.38. The van der Waals surface area contributed by atoms with E-state index in [4.69, 9.17) is 21.1 Å². The van der Waals surface area contributed by atoms with Crippen LogP contribution in [-0.2, 0) is 0 Å². The SMILES string of the molecule is O=C(c1cc(Cl)c2c(c1)OCCCO2)N1CCN(c2ccc(F)cc2)CC1. The van der Waals surface area contributed by atoms with Crippen LogP contribution in [0.3, 0.4) is 0 Å². The zero-order chi connectivity index (χ0) is 18.8. The number of carbonyl (C=O) groups excluding carboxylic acids is 1. The molecule has 2 heterocycles. The summed E-state index contributed by atoms with van der Waals surface area (Å²) in [5, 5.41) is 0.391. The largest absolute Gasteiger partial charge is 0.489 e. The van der Waals surface area contributed by atoms with E-state index in [2.05, 4.69) is 4.90 Å². The standard InChI is InChI=1S/C20H20ClFN2O3/c21-17-12-14(13-18-19(17)27-11-1-10-26-18)20(25)24-8-6-23(7-9-24)16-4-2-15(22)3-5-16/h2-5,12-13H,1,6-11H2. The molecule has 5 nitrogen and oxygen atoms in total. The molecule has 1 amide bonds. The lowest BCUT2D eigenvalue weighted by atomic mass is 10.1. The number of rotatable bonds is 2. The third kappa shape index (κ3) is 3.81. The molecule has 142 valence electrons. The monoisotopic (exact) mass is 390 g/mol. The smallest absolute Gasteiger partial charge is 0.254 e. The van der Waals surface area contributed by atoms with Crippen molar-refractivity contribution in [3.8, 4) is 11.5 Å². The summed E-state index contributed by atoms with van der Waals surface area (Å²) in [6, 6.07) is 9.77. The summed E-state index contributed by atoms with van der Waals surface area (Å²) in [7, 11) is 0. The number of hydrogen-bond acceptors (Lipinski definition) is 4. The van der Waals surface area contributed by atoms with Crippen LogP contribution in [0.1, 0.15) is 16.8 Å². The molecule has 2 aromatic carbocycles. The minimum Gasteiger partial charge on any atom is -0.489 e. The first-order chi connectivity index (χ1) is 13.1. The molecule has 7 heteroatoms. The molecule has 1 fully saturated rings. The average Bonchev–Trinajstić information content (AvgIpc) is 2.94. The maximum atomic E-state index is 13.1. The molecule has 0 saturated carbocycles. The van der Waals surface area contributed by atoms with Crippen molar-refractivity contribution in [1.82, 2.24) is 4.90 Å². The lowest BCUT2D eigenvalue weighted by molar-refractivity contribution is 0.0746. The third-order valence-electron chi connectivity index (χ3n) is 4.81. The number of benzene rings is 2. The van der Waals surface area contributed by atoms with Gasteiger partial charge < -0.3 is 19.3 Å². The van der Waals surface area contributed by atoms with E-state index in [0.717, 1.165) is 12.1 Å². The van der Waals surface area contributed by atoms with Gasteiger partial charge in [-0.3, -0.25) is 4.79 Å². The molecule has 2 aliphatic heterocycles.